The molecule has 0 bridgehead atoms. The maximum atomic E-state index is 5.82. The zero-order valence-corrected chi connectivity index (χ0v) is 8.26. The van der Waals surface area contributed by atoms with Gasteiger partial charge in [0.25, 0.3) is 0 Å². The predicted molar refractivity (Wildman–Crippen MR) is 54.3 cm³/mol. The van der Waals surface area contributed by atoms with E-state index in [2.05, 4.69) is 33.4 Å². The summed E-state index contributed by atoms with van der Waals surface area (Å²) >= 11 is 3.44. The molecule has 0 saturated carbocycles. The molecule has 0 amide bonds. The van der Waals surface area contributed by atoms with Gasteiger partial charge >= 0.3 is 0 Å². The molecule has 3 N–H and O–H groups in total. The lowest BCUT2D eigenvalue weighted by Gasteiger charge is -2.23. The van der Waals surface area contributed by atoms with Crippen LogP contribution in [-0.4, -0.2) is 12.6 Å². The minimum Gasteiger partial charge on any atom is -0.383 e. The van der Waals surface area contributed by atoms with Crippen molar-refractivity contribution < 1.29 is 0 Å². The highest BCUT2D eigenvalue weighted by Crippen LogP contribution is 2.24. The van der Waals surface area contributed by atoms with Crippen LogP contribution in [0, 0.1) is 0 Å². The Morgan fingerprint density at radius 2 is 2.33 bits per heavy atom. The Bertz CT molecular complexity index is 299. The van der Waals surface area contributed by atoms with Gasteiger partial charge in [-0.15, -0.1) is 0 Å². The molecule has 2 rings (SSSR count). The first-order valence-corrected chi connectivity index (χ1v) is 4.83. The molecule has 0 unspecified atom stereocenters. The van der Waals surface area contributed by atoms with Gasteiger partial charge in [-0.25, -0.2) is 0 Å². The molecule has 64 valence electrons. The van der Waals surface area contributed by atoms with Crippen LogP contribution in [0.2, 0.25) is 0 Å². The zero-order chi connectivity index (χ0) is 8.55. The van der Waals surface area contributed by atoms with Crippen LogP contribution in [0.5, 0.6) is 0 Å². The van der Waals surface area contributed by atoms with Crippen LogP contribution in [0.3, 0.4) is 0 Å². The first kappa shape index (κ1) is 8.08. The molecule has 0 spiro atoms. The first-order chi connectivity index (χ1) is 5.75. The summed E-state index contributed by atoms with van der Waals surface area (Å²) in [7, 11) is 0. The van der Waals surface area contributed by atoms with E-state index < -0.39 is 0 Å². The normalized spacial score (nSPS) is 21.3. The van der Waals surface area contributed by atoms with Crippen molar-refractivity contribution in [2.75, 3.05) is 11.9 Å². The Morgan fingerprint density at radius 3 is 3.17 bits per heavy atom. The maximum absolute atomic E-state index is 5.82. The number of benzene rings is 1. The molecular weight excluding hydrogens is 216 g/mol. The average molecular weight is 227 g/mol. The number of hydrogen-bond acceptors (Lipinski definition) is 2. The van der Waals surface area contributed by atoms with Gasteiger partial charge in [-0.3, -0.25) is 0 Å². The van der Waals surface area contributed by atoms with Crippen LogP contribution in [-0.2, 0) is 6.42 Å². The highest BCUT2D eigenvalue weighted by molar-refractivity contribution is 9.10. The van der Waals surface area contributed by atoms with Crippen LogP contribution >= 0.6 is 15.9 Å². The van der Waals surface area contributed by atoms with Crippen molar-refractivity contribution in [2.45, 2.75) is 12.5 Å². The first-order valence-electron chi connectivity index (χ1n) is 4.03. The quantitative estimate of drug-likeness (QED) is 0.708. The Hall–Kier alpha value is -0.540. The van der Waals surface area contributed by atoms with Gasteiger partial charge < -0.3 is 11.1 Å². The van der Waals surface area contributed by atoms with Crippen LogP contribution in [0.25, 0.3) is 0 Å². The average Bonchev–Trinajstić information content (AvgIpc) is 2.03. The molecule has 0 aliphatic carbocycles. The monoisotopic (exact) mass is 226 g/mol. The summed E-state index contributed by atoms with van der Waals surface area (Å²) in [6.45, 7) is 0.884. The SMILES string of the molecule is N[C@H]1CNc2ccc(Br)cc2C1. The van der Waals surface area contributed by atoms with Crippen LogP contribution < -0.4 is 11.1 Å². The molecule has 0 aromatic heterocycles. The smallest absolute Gasteiger partial charge is 0.0374 e. The third kappa shape index (κ3) is 1.47. The molecule has 1 aromatic rings. The topological polar surface area (TPSA) is 38.0 Å². The van der Waals surface area contributed by atoms with Crippen molar-refractivity contribution in [3.05, 3.63) is 28.2 Å². The molecule has 0 saturated heterocycles. The Balaban J connectivity index is 2.37. The van der Waals surface area contributed by atoms with E-state index in [0.717, 1.165) is 17.4 Å². The van der Waals surface area contributed by atoms with E-state index >= 15 is 0 Å². The number of halogens is 1. The molecule has 1 atom stereocenters. The minimum atomic E-state index is 0.256. The number of hydrogen-bond donors (Lipinski definition) is 2. The molecule has 1 heterocycles. The molecular formula is C9H11BrN2. The number of anilines is 1. The Kier molecular flexibility index (Phi) is 2.07. The summed E-state index contributed by atoms with van der Waals surface area (Å²) in [5.41, 5.74) is 8.35. The van der Waals surface area contributed by atoms with Crippen molar-refractivity contribution in [1.82, 2.24) is 0 Å². The van der Waals surface area contributed by atoms with E-state index in [9.17, 15) is 0 Å². The van der Waals surface area contributed by atoms with E-state index in [1.807, 2.05) is 6.07 Å². The molecule has 1 aromatic carbocycles. The molecule has 1 aliphatic rings. The molecule has 3 heteroatoms. The van der Waals surface area contributed by atoms with Crippen molar-refractivity contribution in [2.24, 2.45) is 5.73 Å². The van der Waals surface area contributed by atoms with Crippen molar-refractivity contribution in [3.8, 4) is 0 Å². The lowest BCUT2D eigenvalue weighted by atomic mass is 10.0. The van der Waals surface area contributed by atoms with E-state index in [1.165, 1.54) is 11.3 Å². The van der Waals surface area contributed by atoms with E-state index in [-0.39, 0.29) is 6.04 Å². The summed E-state index contributed by atoms with van der Waals surface area (Å²) in [5.74, 6) is 0. The predicted octanol–water partition coefficient (Wildman–Crippen LogP) is 1.74. The second-order valence-electron chi connectivity index (χ2n) is 3.15. The zero-order valence-electron chi connectivity index (χ0n) is 6.68. The van der Waals surface area contributed by atoms with Gasteiger partial charge in [0, 0.05) is 22.7 Å². The van der Waals surface area contributed by atoms with Crippen LogP contribution in [0.1, 0.15) is 5.56 Å². The molecule has 0 fully saturated rings. The summed E-state index contributed by atoms with van der Waals surface area (Å²) in [4.78, 5) is 0. The molecule has 12 heavy (non-hydrogen) atoms. The van der Waals surface area contributed by atoms with E-state index in [1.54, 1.807) is 0 Å². The summed E-state index contributed by atoms with van der Waals surface area (Å²) in [6.07, 6.45) is 0.974. The number of nitrogens with one attached hydrogen (secondary N) is 1. The second kappa shape index (κ2) is 3.07. The largest absolute Gasteiger partial charge is 0.383 e. The maximum Gasteiger partial charge on any atom is 0.0374 e. The van der Waals surface area contributed by atoms with Crippen molar-refractivity contribution in [3.63, 3.8) is 0 Å². The second-order valence-corrected chi connectivity index (χ2v) is 4.06. The Morgan fingerprint density at radius 1 is 1.50 bits per heavy atom. The number of fused-ring (bicyclic) bond motifs is 1. The van der Waals surface area contributed by atoms with Crippen molar-refractivity contribution in [1.29, 1.82) is 0 Å². The standard InChI is InChI=1S/C9H11BrN2/c10-7-1-2-9-6(3-7)4-8(11)5-12-9/h1-3,8,12H,4-5,11H2/t8-/m1/s1. The van der Waals surface area contributed by atoms with Crippen LogP contribution in [0.4, 0.5) is 5.69 Å². The van der Waals surface area contributed by atoms with Gasteiger partial charge in [0.1, 0.15) is 0 Å². The van der Waals surface area contributed by atoms with Crippen LogP contribution in [0.15, 0.2) is 22.7 Å². The fraction of sp³-hybridized carbons (Fsp3) is 0.333. The van der Waals surface area contributed by atoms with Crippen molar-refractivity contribution >= 4 is 21.6 Å². The highest BCUT2D eigenvalue weighted by atomic mass is 79.9. The lowest BCUT2D eigenvalue weighted by Crippen LogP contribution is -2.35. The van der Waals surface area contributed by atoms with Gasteiger partial charge in [0.2, 0.25) is 0 Å². The third-order valence-corrected chi connectivity index (χ3v) is 2.60. The van der Waals surface area contributed by atoms with E-state index in [0.29, 0.717) is 0 Å². The lowest BCUT2D eigenvalue weighted by molar-refractivity contribution is 0.679. The molecule has 0 radical (unpaired) electrons. The minimum absolute atomic E-state index is 0.256. The van der Waals surface area contributed by atoms with Gasteiger partial charge in [0.05, 0.1) is 0 Å². The third-order valence-electron chi connectivity index (χ3n) is 2.10. The van der Waals surface area contributed by atoms with Gasteiger partial charge in [-0.1, -0.05) is 15.9 Å². The molecule has 1 aliphatic heterocycles. The highest BCUT2D eigenvalue weighted by Gasteiger charge is 2.13. The Labute approximate surface area is 80.3 Å². The fourth-order valence-corrected chi connectivity index (χ4v) is 1.91. The number of nitrogens with two attached hydrogens (primary N) is 1. The summed E-state index contributed by atoms with van der Waals surface area (Å²) in [5, 5.41) is 3.29. The van der Waals surface area contributed by atoms with Gasteiger partial charge in [-0.05, 0) is 30.2 Å². The van der Waals surface area contributed by atoms with Gasteiger partial charge in [-0.2, -0.15) is 0 Å². The summed E-state index contributed by atoms with van der Waals surface area (Å²) < 4.78 is 1.12. The fourth-order valence-electron chi connectivity index (χ4n) is 1.50. The van der Waals surface area contributed by atoms with E-state index in [4.69, 9.17) is 5.73 Å². The number of rotatable bonds is 0. The van der Waals surface area contributed by atoms with Gasteiger partial charge in [0.15, 0.2) is 0 Å². The molecule has 2 nitrogen and oxygen atoms in total. The summed E-state index contributed by atoms with van der Waals surface area (Å²) in [6, 6.07) is 6.52.